The third kappa shape index (κ3) is 5.21. The molecule has 7 heteroatoms. The lowest BCUT2D eigenvalue weighted by molar-refractivity contribution is 0.0172. The molecule has 0 radical (unpaired) electrons. The Morgan fingerprint density at radius 1 is 1.29 bits per heavy atom. The van der Waals surface area contributed by atoms with Gasteiger partial charge in [0.05, 0.1) is 13.2 Å². The monoisotopic (exact) mass is 351 g/mol. The summed E-state index contributed by atoms with van der Waals surface area (Å²) in [5.74, 6) is 1.88. The van der Waals surface area contributed by atoms with Crippen LogP contribution in [0.1, 0.15) is 11.6 Å². The number of rotatable bonds is 7. The van der Waals surface area contributed by atoms with Gasteiger partial charge in [0.1, 0.15) is 5.75 Å². The SMILES string of the molecule is C#CCS(=O)(=O)NC[C@@H](c1ccc(N(C)C)cc1)N1CCOCC1. The van der Waals surface area contributed by atoms with Crippen molar-refractivity contribution in [2.45, 2.75) is 6.04 Å². The molecule has 1 heterocycles. The summed E-state index contributed by atoms with van der Waals surface area (Å²) >= 11 is 0. The van der Waals surface area contributed by atoms with Crippen molar-refractivity contribution in [1.29, 1.82) is 0 Å². The molecule has 0 unspecified atom stereocenters. The van der Waals surface area contributed by atoms with Crippen LogP contribution in [0.5, 0.6) is 0 Å². The fourth-order valence-corrected chi connectivity index (χ4v) is 3.44. The van der Waals surface area contributed by atoms with E-state index in [0.717, 1.165) is 24.3 Å². The molecule has 0 amide bonds. The van der Waals surface area contributed by atoms with Crippen molar-refractivity contribution in [2.24, 2.45) is 0 Å². The van der Waals surface area contributed by atoms with Crippen LogP contribution in [-0.4, -0.2) is 66.0 Å². The molecular weight excluding hydrogens is 326 g/mol. The van der Waals surface area contributed by atoms with Gasteiger partial charge in [0.15, 0.2) is 0 Å². The Balaban J connectivity index is 2.17. The van der Waals surface area contributed by atoms with E-state index in [0.29, 0.717) is 19.8 Å². The van der Waals surface area contributed by atoms with Crippen LogP contribution in [0, 0.1) is 12.3 Å². The minimum Gasteiger partial charge on any atom is -0.379 e. The van der Waals surface area contributed by atoms with Crippen molar-refractivity contribution in [1.82, 2.24) is 9.62 Å². The zero-order valence-corrected chi connectivity index (χ0v) is 15.1. The summed E-state index contributed by atoms with van der Waals surface area (Å²) in [5, 5.41) is 0. The van der Waals surface area contributed by atoms with Crippen molar-refractivity contribution < 1.29 is 13.2 Å². The van der Waals surface area contributed by atoms with E-state index < -0.39 is 10.0 Å². The van der Waals surface area contributed by atoms with Crippen molar-refractivity contribution in [3.63, 3.8) is 0 Å². The van der Waals surface area contributed by atoms with Crippen LogP contribution in [-0.2, 0) is 14.8 Å². The van der Waals surface area contributed by atoms with Crippen LogP contribution in [0.4, 0.5) is 5.69 Å². The molecule has 132 valence electrons. The lowest BCUT2D eigenvalue weighted by atomic mass is 10.0. The zero-order chi connectivity index (χ0) is 17.6. The van der Waals surface area contributed by atoms with Gasteiger partial charge in [-0.05, 0) is 17.7 Å². The average Bonchev–Trinajstić information content (AvgIpc) is 2.56. The smallest absolute Gasteiger partial charge is 0.222 e. The number of ether oxygens (including phenoxy) is 1. The second-order valence-electron chi connectivity index (χ2n) is 5.96. The molecule has 1 N–H and O–H groups in total. The van der Waals surface area contributed by atoms with Crippen LogP contribution >= 0.6 is 0 Å². The molecule has 24 heavy (non-hydrogen) atoms. The van der Waals surface area contributed by atoms with Gasteiger partial charge in [0.2, 0.25) is 10.0 Å². The molecule has 1 aromatic carbocycles. The zero-order valence-electron chi connectivity index (χ0n) is 14.2. The maximum absolute atomic E-state index is 11.9. The lowest BCUT2D eigenvalue weighted by Crippen LogP contribution is -2.44. The number of hydrogen-bond acceptors (Lipinski definition) is 5. The second kappa shape index (κ2) is 8.49. The van der Waals surface area contributed by atoms with E-state index >= 15 is 0 Å². The summed E-state index contributed by atoms with van der Waals surface area (Å²) in [7, 11) is 0.530. The topological polar surface area (TPSA) is 61.9 Å². The molecule has 1 fully saturated rings. The molecular formula is C17H25N3O3S. The van der Waals surface area contributed by atoms with Crippen molar-refractivity contribution >= 4 is 15.7 Å². The van der Waals surface area contributed by atoms with Gasteiger partial charge in [-0.25, -0.2) is 13.1 Å². The molecule has 2 rings (SSSR count). The van der Waals surface area contributed by atoms with E-state index in [-0.39, 0.29) is 11.8 Å². The van der Waals surface area contributed by atoms with E-state index in [1.54, 1.807) is 0 Å². The van der Waals surface area contributed by atoms with E-state index in [1.807, 2.05) is 43.3 Å². The molecule has 0 aromatic heterocycles. The number of terminal acetylenes is 1. The highest BCUT2D eigenvalue weighted by Crippen LogP contribution is 2.24. The number of anilines is 1. The van der Waals surface area contributed by atoms with Gasteiger partial charge in [-0.1, -0.05) is 18.1 Å². The summed E-state index contributed by atoms with van der Waals surface area (Å²) in [4.78, 5) is 4.27. The maximum atomic E-state index is 11.9. The van der Waals surface area contributed by atoms with Gasteiger partial charge >= 0.3 is 0 Å². The highest BCUT2D eigenvalue weighted by atomic mass is 32.2. The molecule has 6 nitrogen and oxygen atoms in total. The Morgan fingerprint density at radius 2 is 1.92 bits per heavy atom. The normalized spacial score (nSPS) is 17.2. The largest absolute Gasteiger partial charge is 0.379 e. The molecule has 1 aromatic rings. The highest BCUT2D eigenvalue weighted by Gasteiger charge is 2.24. The third-order valence-corrected chi connectivity index (χ3v) is 5.20. The highest BCUT2D eigenvalue weighted by molar-refractivity contribution is 7.89. The Bertz CT molecular complexity index is 659. The van der Waals surface area contributed by atoms with E-state index in [2.05, 4.69) is 15.5 Å². The first-order valence-electron chi connectivity index (χ1n) is 7.93. The minimum absolute atomic E-state index is 0.0438. The molecule has 1 aliphatic heterocycles. The van der Waals surface area contributed by atoms with Crippen molar-refractivity contribution in [3.8, 4) is 12.3 Å². The summed E-state index contributed by atoms with van der Waals surface area (Å²) < 4.78 is 31.8. The summed E-state index contributed by atoms with van der Waals surface area (Å²) in [5.41, 5.74) is 2.18. The second-order valence-corrected chi connectivity index (χ2v) is 7.77. The summed E-state index contributed by atoms with van der Waals surface area (Å²) in [6.45, 7) is 3.16. The van der Waals surface area contributed by atoms with E-state index in [4.69, 9.17) is 11.2 Å². The van der Waals surface area contributed by atoms with E-state index in [1.165, 1.54) is 0 Å². The Hall–Kier alpha value is -1.59. The van der Waals surface area contributed by atoms with Gasteiger partial charge in [-0.3, -0.25) is 4.90 Å². The first-order valence-corrected chi connectivity index (χ1v) is 9.58. The maximum Gasteiger partial charge on any atom is 0.222 e. The minimum atomic E-state index is -3.45. The first kappa shape index (κ1) is 18.7. The Kier molecular flexibility index (Phi) is 6.63. The molecule has 1 atom stereocenters. The van der Waals surface area contributed by atoms with Gasteiger partial charge in [0, 0.05) is 45.5 Å². The number of morpholine rings is 1. The summed E-state index contributed by atoms with van der Waals surface area (Å²) in [6.07, 6.45) is 5.12. The van der Waals surface area contributed by atoms with E-state index in [9.17, 15) is 8.42 Å². The predicted octanol–water partition coefficient (Wildman–Crippen LogP) is 0.679. The molecule has 0 aliphatic carbocycles. The van der Waals surface area contributed by atoms with Crippen molar-refractivity contribution in [3.05, 3.63) is 29.8 Å². The molecule has 1 aliphatic rings. The van der Waals surface area contributed by atoms with Crippen LogP contribution < -0.4 is 9.62 Å². The molecule has 0 spiro atoms. The number of sulfonamides is 1. The van der Waals surface area contributed by atoms with Crippen LogP contribution in [0.2, 0.25) is 0 Å². The fraction of sp³-hybridized carbons (Fsp3) is 0.529. The van der Waals surface area contributed by atoms with Crippen LogP contribution in [0.25, 0.3) is 0 Å². The van der Waals surface area contributed by atoms with Crippen molar-refractivity contribution in [2.75, 3.05) is 57.6 Å². The molecule has 1 saturated heterocycles. The Labute approximate surface area is 144 Å². The fourth-order valence-electron chi connectivity index (χ4n) is 2.71. The van der Waals surface area contributed by atoms with Gasteiger partial charge < -0.3 is 9.64 Å². The standard InChI is InChI=1S/C17H25N3O3S/c1-4-13-24(21,22)18-14-17(20-9-11-23-12-10-20)15-5-7-16(8-6-15)19(2)3/h1,5-8,17-18H,9-14H2,2-3H3/t17-/m0/s1. The number of nitrogens with one attached hydrogen (secondary N) is 1. The lowest BCUT2D eigenvalue weighted by Gasteiger charge is -2.35. The van der Waals surface area contributed by atoms with Gasteiger partial charge in [0.25, 0.3) is 0 Å². The van der Waals surface area contributed by atoms with Crippen LogP contribution in [0.15, 0.2) is 24.3 Å². The Morgan fingerprint density at radius 3 is 2.46 bits per heavy atom. The first-order chi connectivity index (χ1) is 11.4. The number of benzene rings is 1. The number of hydrogen-bond donors (Lipinski definition) is 1. The molecule has 0 saturated carbocycles. The summed E-state index contributed by atoms with van der Waals surface area (Å²) in [6, 6.07) is 8.13. The van der Waals surface area contributed by atoms with Gasteiger partial charge in [-0.2, -0.15) is 0 Å². The average molecular weight is 351 g/mol. The van der Waals surface area contributed by atoms with Gasteiger partial charge in [-0.15, -0.1) is 6.42 Å². The van der Waals surface area contributed by atoms with Crippen LogP contribution in [0.3, 0.4) is 0 Å². The third-order valence-electron chi connectivity index (χ3n) is 4.05. The molecule has 0 bridgehead atoms. The quantitative estimate of drug-likeness (QED) is 0.732. The number of nitrogens with zero attached hydrogens (tertiary/aromatic N) is 2. The predicted molar refractivity (Wildman–Crippen MR) is 96.5 cm³/mol.